The summed E-state index contributed by atoms with van der Waals surface area (Å²) in [7, 11) is -3.88. The number of rotatable bonds is 9. The third kappa shape index (κ3) is 6.99. The Balaban J connectivity index is 1.76. The van der Waals surface area contributed by atoms with Gasteiger partial charge in [-0.05, 0) is 43.3 Å². The fourth-order valence-electron chi connectivity index (χ4n) is 3.53. The van der Waals surface area contributed by atoms with E-state index in [1.807, 2.05) is 6.92 Å². The number of benzene rings is 1. The molecule has 0 aliphatic carbocycles. The third-order valence-corrected chi connectivity index (χ3v) is 7.33. The van der Waals surface area contributed by atoms with Crippen LogP contribution in [-0.2, 0) is 20.4 Å². The summed E-state index contributed by atoms with van der Waals surface area (Å²) in [5.74, 6) is 0. The molecule has 192 valence electrons. The molecule has 2 heterocycles. The largest absolute Gasteiger partial charge is 0.466 e. The molecule has 35 heavy (non-hydrogen) atoms. The molecule has 1 aromatic carbocycles. The number of anilines is 1. The number of alkyl halides is 3. The van der Waals surface area contributed by atoms with Crippen LogP contribution in [0.5, 0.6) is 0 Å². The van der Waals surface area contributed by atoms with Gasteiger partial charge in [0, 0.05) is 43.1 Å². The lowest BCUT2D eigenvalue weighted by Gasteiger charge is -2.36. The average molecular weight is 536 g/mol. The minimum absolute atomic E-state index is 0.0153. The molecule has 1 saturated heterocycles. The maximum Gasteiger partial charge on any atom is 0.466 e. The summed E-state index contributed by atoms with van der Waals surface area (Å²) in [5.41, 5.74) is -3.20. The van der Waals surface area contributed by atoms with Crippen LogP contribution in [0.25, 0.3) is 0 Å². The molecule has 13 heteroatoms. The van der Waals surface area contributed by atoms with Gasteiger partial charge in [-0.2, -0.15) is 13.2 Å². The van der Waals surface area contributed by atoms with Crippen LogP contribution in [0.15, 0.2) is 47.5 Å². The molecule has 1 unspecified atom stereocenters. The first-order valence-electron chi connectivity index (χ1n) is 10.7. The van der Waals surface area contributed by atoms with Crippen LogP contribution in [-0.4, -0.2) is 74.5 Å². The van der Waals surface area contributed by atoms with Crippen molar-refractivity contribution in [3.05, 3.63) is 60.2 Å². The molecule has 8 nitrogen and oxygen atoms in total. The van der Waals surface area contributed by atoms with E-state index in [-0.39, 0.29) is 22.6 Å². The van der Waals surface area contributed by atoms with Gasteiger partial charge in [-0.15, -0.1) is 0 Å². The highest BCUT2D eigenvalue weighted by molar-refractivity contribution is 7.89. The molecule has 0 amide bonds. The molecule has 2 aromatic rings. The number of nitrogens with zero attached hydrogens (tertiary/aromatic N) is 2. The number of hydrogen-bond donors (Lipinski definition) is 3. The lowest BCUT2D eigenvalue weighted by molar-refractivity contribution is -0.246. The maximum atomic E-state index is 13.1. The van der Waals surface area contributed by atoms with E-state index in [4.69, 9.17) is 16.3 Å². The average Bonchev–Trinajstić information content (AvgIpc) is 2.79. The van der Waals surface area contributed by atoms with Gasteiger partial charge in [0.2, 0.25) is 10.0 Å². The van der Waals surface area contributed by atoms with Crippen molar-refractivity contribution >= 4 is 27.3 Å². The van der Waals surface area contributed by atoms with Crippen LogP contribution in [0.4, 0.5) is 18.9 Å². The zero-order valence-electron chi connectivity index (χ0n) is 18.9. The molecule has 0 spiro atoms. The summed E-state index contributed by atoms with van der Waals surface area (Å²) >= 11 is 5.73. The minimum atomic E-state index is -4.94. The Morgan fingerprint density at radius 2 is 1.97 bits per heavy atom. The van der Waals surface area contributed by atoms with Gasteiger partial charge in [-0.1, -0.05) is 11.6 Å². The Labute approximate surface area is 207 Å². The van der Waals surface area contributed by atoms with Crippen molar-refractivity contribution < 1.29 is 31.4 Å². The molecular formula is C22H27ClF3N4O4S+. The molecule has 0 saturated carbocycles. The number of nitrogens with one attached hydrogen (secondary N) is 2. The quantitative estimate of drug-likeness (QED) is 0.335. The highest BCUT2D eigenvalue weighted by atomic mass is 35.5. The van der Waals surface area contributed by atoms with E-state index in [0.29, 0.717) is 32.0 Å². The minimum Gasteiger partial charge on any atom is -0.380 e. The standard InChI is InChI=1S/C22H27ClF3N4O4S/c1-15-14-34-10-9-30(15)13-18(11-28-35(32,33)19-7-8-20(23)27-12-19)29-17-5-3-16(4-6-17)21(2,31)22(24,25)26/h3-8,12,15,18,28-29,31H,2,9-11,13-14H2,1H3/q+1/t15-,18+,21?/m0/s1. The van der Waals surface area contributed by atoms with E-state index < -0.39 is 33.4 Å². The SMILES string of the molecule is [CH2+]C(O)(c1ccc(N[C@H](CNS(=O)(=O)c2ccc(Cl)nc2)CN2CCOC[C@@H]2C)cc1)C(F)(F)F. The van der Waals surface area contributed by atoms with Gasteiger partial charge in [0.05, 0.1) is 19.3 Å². The number of aliphatic hydroxyl groups is 1. The van der Waals surface area contributed by atoms with Gasteiger partial charge < -0.3 is 15.2 Å². The summed E-state index contributed by atoms with van der Waals surface area (Å²) in [6.45, 7) is 7.00. The van der Waals surface area contributed by atoms with Crippen LogP contribution in [0.1, 0.15) is 12.5 Å². The normalized spacial score (nSPS) is 20.2. The monoisotopic (exact) mass is 535 g/mol. The van der Waals surface area contributed by atoms with E-state index in [1.165, 1.54) is 24.3 Å². The van der Waals surface area contributed by atoms with Crippen molar-refractivity contribution in [1.29, 1.82) is 0 Å². The first-order chi connectivity index (χ1) is 16.3. The van der Waals surface area contributed by atoms with Gasteiger partial charge in [0.15, 0.2) is 0 Å². The van der Waals surface area contributed by atoms with E-state index >= 15 is 0 Å². The molecule has 3 N–H and O–H groups in total. The van der Waals surface area contributed by atoms with Crippen molar-refractivity contribution in [3.63, 3.8) is 0 Å². The van der Waals surface area contributed by atoms with Crippen LogP contribution < -0.4 is 10.0 Å². The van der Waals surface area contributed by atoms with Crippen molar-refractivity contribution in [2.45, 2.75) is 35.7 Å². The topological polar surface area (TPSA) is 104 Å². The molecule has 1 fully saturated rings. The first kappa shape index (κ1) is 27.5. The Kier molecular flexibility index (Phi) is 8.56. The molecule has 1 aliphatic heterocycles. The van der Waals surface area contributed by atoms with Gasteiger partial charge in [-0.25, -0.2) is 18.1 Å². The van der Waals surface area contributed by atoms with Gasteiger partial charge in [0.1, 0.15) is 17.0 Å². The molecule has 0 bridgehead atoms. The maximum absolute atomic E-state index is 13.1. The predicted molar refractivity (Wildman–Crippen MR) is 125 cm³/mol. The second-order valence-electron chi connectivity index (χ2n) is 8.36. The van der Waals surface area contributed by atoms with Gasteiger partial charge in [0.25, 0.3) is 0 Å². The van der Waals surface area contributed by atoms with Crippen molar-refractivity contribution in [2.75, 3.05) is 38.2 Å². The van der Waals surface area contributed by atoms with Gasteiger partial charge >= 0.3 is 11.8 Å². The number of pyridine rings is 1. The molecule has 0 radical (unpaired) electrons. The van der Waals surface area contributed by atoms with Crippen molar-refractivity contribution in [1.82, 2.24) is 14.6 Å². The van der Waals surface area contributed by atoms with Crippen LogP contribution in [0, 0.1) is 6.92 Å². The zero-order chi connectivity index (χ0) is 25.9. The lowest BCUT2D eigenvalue weighted by atomic mass is 9.95. The number of halogens is 4. The summed E-state index contributed by atoms with van der Waals surface area (Å²) < 4.78 is 72.7. The Morgan fingerprint density at radius 3 is 2.54 bits per heavy atom. The predicted octanol–water partition coefficient (Wildman–Crippen LogP) is 2.80. The highest BCUT2D eigenvalue weighted by Crippen LogP contribution is 2.38. The second-order valence-corrected chi connectivity index (χ2v) is 10.5. The summed E-state index contributed by atoms with van der Waals surface area (Å²) in [4.78, 5) is 5.87. The number of hydrogen-bond acceptors (Lipinski definition) is 7. The van der Waals surface area contributed by atoms with Gasteiger partial charge in [-0.3, -0.25) is 4.90 Å². The third-order valence-electron chi connectivity index (χ3n) is 5.69. The van der Waals surface area contributed by atoms with Crippen molar-refractivity contribution in [3.8, 4) is 0 Å². The van der Waals surface area contributed by atoms with E-state index in [0.717, 1.165) is 18.3 Å². The number of ether oxygens (including phenoxy) is 1. The summed E-state index contributed by atoms with van der Waals surface area (Å²) in [6, 6.07) is 7.37. The highest BCUT2D eigenvalue weighted by Gasteiger charge is 2.58. The molecular weight excluding hydrogens is 509 g/mol. The lowest BCUT2D eigenvalue weighted by Crippen LogP contribution is -2.51. The van der Waals surface area contributed by atoms with E-state index in [2.05, 4.69) is 26.8 Å². The Morgan fingerprint density at radius 1 is 1.29 bits per heavy atom. The van der Waals surface area contributed by atoms with Crippen LogP contribution >= 0.6 is 11.6 Å². The van der Waals surface area contributed by atoms with Crippen LogP contribution in [0.3, 0.4) is 0 Å². The Bertz CT molecular complexity index is 1080. The molecule has 3 rings (SSSR count). The number of sulfonamides is 1. The van der Waals surface area contributed by atoms with Crippen molar-refractivity contribution in [2.24, 2.45) is 0 Å². The summed E-state index contributed by atoms with van der Waals surface area (Å²) in [5, 5.41) is 13.1. The smallest absolute Gasteiger partial charge is 0.380 e. The fraction of sp³-hybridized carbons (Fsp3) is 0.455. The second kappa shape index (κ2) is 10.9. The molecule has 1 aliphatic rings. The fourth-order valence-corrected chi connectivity index (χ4v) is 4.67. The molecule has 3 atom stereocenters. The zero-order valence-corrected chi connectivity index (χ0v) is 20.5. The first-order valence-corrected chi connectivity index (χ1v) is 12.6. The number of morpholine rings is 1. The van der Waals surface area contributed by atoms with E-state index in [9.17, 15) is 26.7 Å². The Hall–Kier alpha value is -2.09. The summed E-state index contributed by atoms with van der Waals surface area (Å²) in [6.07, 6.45) is -3.79. The van der Waals surface area contributed by atoms with E-state index in [1.54, 1.807) is 0 Å². The van der Waals surface area contributed by atoms with Crippen LogP contribution in [0.2, 0.25) is 5.15 Å². The number of aromatic nitrogens is 1. The molecule has 1 aromatic heterocycles.